The molecule has 0 radical (unpaired) electrons. The lowest BCUT2D eigenvalue weighted by atomic mass is 9.66. The molecule has 0 bridgehead atoms. The average Bonchev–Trinajstić information content (AvgIpc) is 1.50. The third kappa shape index (κ3) is 7.88. The monoisotopic (exact) mass is 1220 g/mol. The second-order valence-electron chi connectivity index (χ2n) is 23.2. The fourth-order valence-corrected chi connectivity index (χ4v) is 15.6. The summed E-state index contributed by atoms with van der Waals surface area (Å²) < 4.78 is 71.5. The average molecular weight is 1220 g/mol. The minimum atomic E-state index is -0.894. The Labute approximate surface area is 534 Å². The topological polar surface area (TPSA) is 111 Å². The first-order chi connectivity index (χ1) is 45.0. The minimum absolute atomic E-state index is 0.520. The molecule has 0 amide bonds. The van der Waals surface area contributed by atoms with Crippen molar-refractivity contribution in [1.29, 1.82) is 0 Å². The van der Waals surface area contributed by atoms with E-state index >= 15 is 0 Å². The second-order valence-corrected chi connectivity index (χ2v) is 23.2. The van der Waals surface area contributed by atoms with Gasteiger partial charge in [0.1, 0.15) is 0 Å². The lowest BCUT2D eigenvalue weighted by Crippen LogP contribution is -2.29. The molecule has 4 aliphatic carbocycles. The van der Waals surface area contributed by atoms with Gasteiger partial charge in [0.25, 0.3) is 0 Å². The van der Waals surface area contributed by atoms with Crippen molar-refractivity contribution in [2.45, 2.75) is 10.8 Å². The molecular weight excluding hydrogens is 1150 g/mol. The molecule has 0 unspecified atom stereocenters. The standard InChI is InChI=1S/C80H66O12/c1-81-67-33-47(34-68(82-2)75(67)89-9)43-21-25-53-54-26-22-44(48-35-69(83-3)76(90-10)70(36-48)84-4)30-62(54)79(61(53)29-43)59-19-15-13-17-51(59)57-41-58-52-18-14-16-20-60(52)80(66(58)42-65(57)79)63-31-45(49-37-71(85-5)77(91-11)72(38-49)86-6)23-27-55(63)56-28-24-46(32-64(56)80)50-39-73(87-7)78(92-12)74(40-50)88-8/h13-42H,1-12H3. The molecule has 0 aromatic heterocycles. The Balaban J connectivity index is 1.06. The Morgan fingerprint density at radius 3 is 0.620 bits per heavy atom. The van der Waals surface area contributed by atoms with E-state index in [0.717, 1.165) is 122 Å². The van der Waals surface area contributed by atoms with Crippen molar-refractivity contribution < 1.29 is 56.8 Å². The van der Waals surface area contributed by atoms with Crippen molar-refractivity contribution >= 4 is 0 Å². The lowest BCUT2D eigenvalue weighted by Gasteiger charge is -2.34. The molecule has 4 aliphatic rings. The van der Waals surface area contributed by atoms with E-state index < -0.39 is 10.8 Å². The first-order valence-electron chi connectivity index (χ1n) is 30.2. The number of fused-ring (bicyclic) bond motifs is 20. The van der Waals surface area contributed by atoms with E-state index in [4.69, 9.17) is 56.8 Å². The van der Waals surface area contributed by atoms with E-state index in [-0.39, 0.29) is 0 Å². The van der Waals surface area contributed by atoms with Gasteiger partial charge in [-0.25, -0.2) is 0 Å². The van der Waals surface area contributed by atoms with Crippen molar-refractivity contribution in [3.8, 4) is 158 Å². The highest BCUT2D eigenvalue weighted by Crippen LogP contribution is 2.69. The highest BCUT2D eigenvalue weighted by Gasteiger charge is 2.57. The quantitative estimate of drug-likeness (QED) is 0.0918. The van der Waals surface area contributed by atoms with Crippen LogP contribution in [0, 0.1) is 0 Å². The van der Waals surface area contributed by atoms with Crippen LogP contribution < -0.4 is 56.8 Å². The van der Waals surface area contributed by atoms with Crippen LogP contribution in [0.3, 0.4) is 0 Å². The fraction of sp³-hybridized carbons (Fsp3) is 0.175. The van der Waals surface area contributed by atoms with Gasteiger partial charge >= 0.3 is 0 Å². The van der Waals surface area contributed by atoms with Crippen molar-refractivity contribution in [1.82, 2.24) is 0 Å². The molecule has 12 heteroatoms. The maximum absolute atomic E-state index is 6.00. The predicted molar refractivity (Wildman–Crippen MR) is 359 cm³/mol. The summed E-state index contributed by atoms with van der Waals surface area (Å²) in [5.74, 6) is 6.57. The zero-order valence-electron chi connectivity index (χ0n) is 53.2. The number of methoxy groups -OCH3 is 12. The number of hydrogen-bond acceptors (Lipinski definition) is 12. The molecule has 458 valence electrons. The first kappa shape index (κ1) is 57.5. The summed E-state index contributed by atoms with van der Waals surface area (Å²) in [6, 6.07) is 66.7. The molecule has 2 spiro atoms. The van der Waals surface area contributed by atoms with E-state index in [9.17, 15) is 0 Å². The largest absolute Gasteiger partial charge is 0.493 e. The molecule has 0 saturated heterocycles. The molecule has 15 rings (SSSR count). The van der Waals surface area contributed by atoms with Crippen LogP contribution in [0.15, 0.2) is 182 Å². The van der Waals surface area contributed by atoms with Crippen molar-refractivity contribution in [2.24, 2.45) is 0 Å². The molecule has 92 heavy (non-hydrogen) atoms. The summed E-state index contributed by atoms with van der Waals surface area (Å²) in [6.45, 7) is 0. The van der Waals surface area contributed by atoms with Gasteiger partial charge in [0.05, 0.1) is 96.1 Å². The van der Waals surface area contributed by atoms with Gasteiger partial charge in [0, 0.05) is 0 Å². The van der Waals surface area contributed by atoms with Crippen LogP contribution in [0.4, 0.5) is 0 Å². The van der Waals surface area contributed by atoms with E-state index in [1.54, 1.807) is 85.3 Å². The number of ether oxygens (including phenoxy) is 12. The van der Waals surface area contributed by atoms with Crippen molar-refractivity contribution in [2.75, 3.05) is 85.3 Å². The molecule has 11 aromatic rings. The summed E-state index contributed by atoms with van der Waals surface area (Å²) >= 11 is 0. The Kier molecular flexibility index (Phi) is 13.7. The zero-order chi connectivity index (χ0) is 63.5. The van der Waals surface area contributed by atoms with Gasteiger partial charge in [0.15, 0.2) is 46.0 Å². The van der Waals surface area contributed by atoms with Gasteiger partial charge < -0.3 is 56.8 Å². The van der Waals surface area contributed by atoms with Gasteiger partial charge in [-0.1, -0.05) is 103 Å². The lowest BCUT2D eigenvalue weighted by molar-refractivity contribution is 0.324. The van der Waals surface area contributed by atoms with Crippen LogP contribution in [0.1, 0.15) is 44.5 Å². The number of rotatable bonds is 16. The van der Waals surface area contributed by atoms with Crippen LogP contribution in [0.25, 0.3) is 89.0 Å². The highest BCUT2D eigenvalue weighted by atomic mass is 16.5. The molecule has 0 aliphatic heterocycles. The van der Waals surface area contributed by atoms with Gasteiger partial charge in [-0.2, -0.15) is 0 Å². The Morgan fingerprint density at radius 1 is 0.174 bits per heavy atom. The second kappa shape index (κ2) is 21.9. The highest BCUT2D eigenvalue weighted by molar-refractivity contribution is 6.03. The van der Waals surface area contributed by atoms with Gasteiger partial charge in [0.2, 0.25) is 23.0 Å². The Morgan fingerprint density at radius 2 is 0.391 bits per heavy atom. The molecule has 0 saturated carbocycles. The summed E-state index contributed by atoms with van der Waals surface area (Å²) in [6.07, 6.45) is 0. The molecule has 0 fully saturated rings. The Hall–Kier alpha value is -11.0. The predicted octanol–water partition coefficient (Wildman–Crippen LogP) is 17.1. The van der Waals surface area contributed by atoms with Gasteiger partial charge in [-0.15, -0.1) is 0 Å². The summed E-state index contributed by atoms with van der Waals surface area (Å²) in [5.41, 5.74) is 24.1. The fourth-order valence-electron chi connectivity index (χ4n) is 15.6. The molecule has 0 atom stereocenters. The first-order valence-corrected chi connectivity index (χ1v) is 30.2. The molecular formula is C80H66O12. The Bertz CT molecular complexity index is 4260. The number of benzene rings is 11. The molecule has 0 heterocycles. The van der Waals surface area contributed by atoms with E-state index in [2.05, 4.69) is 133 Å². The van der Waals surface area contributed by atoms with Crippen LogP contribution in [-0.4, -0.2) is 85.3 Å². The SMILES string of the molecule is COc1cc(-c2ccc3c(c2)C2(c4ccccc4-c4cc5c(cc42)C2(c4ccccc4-5)c4cc(-c5cc(OC)c(OC)c(OC)c5)ccc4-c4ccc(-c5cc(OC)c(OC)c(OC)c5)cc42)c2cc(-c4cc(OC)c(OC)c(OC)c4)ccc2-3)cc(OC)c1OC. The van der Waals surface area contributed by atoms with E-state index in [1.807, 2.05) is 48.5 Å². The third-order valence-corrected chi connectivity index (χ3v) is 19.5. The molecule has 11 aromatic carbocycles. The summed E-state index contributed by atoms with van der Waals surface area (Å²) in [4.78, 5) is 0. The summed E-state index contributed by atoms with van der Waals surface area (Å²) in [5, 5.41) is 0. The van der Waals surface area contributed by atoms with E-state index in [1.165, 1.54) is 11.1 Å². The van der Waals surface area contributed by atoms with Crippen molar-refractivity contribution in [3.05, 3.63) is 226 Å². The van der Waals surface area contributed by atoms with Crippen LogP contribution >= 0.6 is 0 Å². The normalized spacial score (nSPS) is 13.2. The van der Waals surface area contributed by atoms with Crippen molar-refractivity contribution in [3.63, 3.8) is 0 Å². The smallest absolute Gasteiger partial charge is 0.203 e. The minimum Gasteiger partial charge on any atom is -0.493 e. The van der Waals surface area contributed by atoms with Gasteiger partial charge in [-0.3, -0.25) is 0 Å². The van der Waals surface area contributed by atoms with Crippen LogP contribution in [-0.2, 0) is 10.8 Å². The van der Waals surface area contributed by atoms with Gasteiger partial charge in [-0.05, 0) is 212 Å². The summed E-state index contributed by atoms with van der Waals surface area (Å²) in [7, 11) is 19.7. The molecule has 0 N–H and O–H groups in total. The maximum Gasteiger partial charge on any atom is 0.203 e. The van der Waals surface area contributed by atoms with Crippen LogP contribution in [0.2, 0.25) is 0 Å². The van der Waals surface area contributed by atoms with Crippen LogP contribution in [0.5, 0.6) is 69.0 Å². The third-order valence-electron chi connectivity index (χ3n) is 19.5. The molecule has 12 nitrogen and oxygen atoms in total. The number of hydrogen-bond donors (Lipinski definition) is 0. The zero-order valence-corrected chi connectivity index (χ0v) is 53.2. The van der Waals surface area contributed by atoms with E-state index in [0.29, 0.717) is 69.0 Å². The maximum atomic E-state index is 6.00.